The molecule has 2 bridgehead atoms. The molecule has 0 radical (unpaired) electrons. The molecule has 1 amide bonds. The largest absolute Gasteiger partial charge is 0.381 e. The van der Waals surface area contributed by atoms with Crippen LogP contribution < -0.4 is 0 Å². The minimum Gasteiger partial charge on any atom is -0.381 e. The summed E-state index contributed by atoms with van der Waals surface area (Å²) in [5.74, 6) is -0.787. The van der Waals surface area contributed by atoms with E-state index in [2.05, 4.69) is 36.4 Å². The zero-order valence-electron chi connectivity index (χ0n) is 21.6. The van der Waals surface area contributed by atoms with Gasteiger partial charge < -0.3 is 14.8 Å². The molecule has 1 fully saturated rings. The Hall–Kier alpha value is -4.22. The molecule has 3 atom stereocenters. The van der Waals surface area contributed by atoms with Crippen molar-refractivity contribution < 1.29 is 14.7 Å². The number of oxime groups is 1. The molecule has 1 saturated heterocycles. The highest BCUT2D eigenvalue weighted by molar-refractivity contribution is 6.22. The van der Waals surface area contributed by atoms with E-state index in [0.717, 1.165) is 38.9 Å². The number of hydrogen-bond acceptors (Lipinski definition) is 4. The molecule has 39 heavy (non-hydrogen) atoms. The normalized spacial score (nSPS) is 29.3. The van der Waals surface area contributed by atoms with E-state index in [0.29, 0.717) is 18.7 Å². The van der Waals surface area contributed by atoms with Gasteiger partial charge in [0, 0.05) is 18.0 Å². The van der Waals surface area contributed by atoms with Crippen molar-refractivity contribution in [2.24, 2.45) is 10.6 Å². The molecule has 0 saturated carbocycles. The number of carbonyl (C=O) groups excluding carboxylic acids is 1. The Morgan fingerprint density at radius 3 is 1.97 bits per heavy atom. The lowest BCUT2D eigenvalue weighted by molar-refractivity contribution is -0.171. The van der Waals surface area contributed by atoms with Crippen molar-refractivity contribution in [3.63, 3.8) is 0 Å². The lowest BCUT2D eigenvalue weighted by Crippen LogP contribution is -2.66. The van der Waals surface area contributed by atoms with Gasteiger partial charge in [-0.05, 0) is 41.2 Å². The molecule has 0 spiro atoms. The number of nitrogens with zero attached hydrogens (tertiary/aromatic N) is 2. The highest BCUT2D eigenvalue weighted by Gasteiger charge is 2.85. The summed E-state index contributed by atoms with van der Waals surface area (Å²) < 4.78 is 0. The molecule has 0 aromatic heterocycles. The van der Waals surface area contributed by atoms with Gasteiger partial charge in [0.25, 0.3) is 0 Å². The average Bonchev–Trinajstić information content (AvgIpc) is 3.44. The summed E-state index contributed by atoms with van der Waals surface area (Å²) in [6, 6.07) is 34.9. The molecule has 3 unspecified atom stereocenters. The Kier molecular flexibility index (Phi) is 4.61. The van der Waals surface area contributed by atoms with Crippen LogP contribution in [-0.2, 0) is 16.1 Å². The Bertz CT molecular complexity index is 1620. The van der Waals surface area contributed by atoms with Gasteiger partial charge in [0.1, 0.15) is 5.71 Å². The molecule has 5 heteroatoms. The molecule has 4 aromatic carbocycles. The summed E-state index contributed by atoms with van der Waals surface area (Å²) in [6.45, 7) is 2.44. The fourth-order valence-corrected chi connectivity index (χ4v) is 7.90. The lowest BCUT2D eigenvalue weighted by atomic mass is 9.44. The van der Waals surface area contributed by atoms with Crippen LogP contribution in [0.25, 0.3) is 0 Å². The van der Waals surface area contributed by atoms with Gasteiger partial charge in [-0.3, -0.25) is 4.79 Å². The van der Waals surface area contributed by atoms with Crippen molar-refractivity contribution in [1.29, 1.82) is 0 Å². The summed E-state index contributed by atoms with van der Waals surface area (Å²) in [4.78, 5) is 23.2. The van der Waals surface area contributed by atoms with E-state index in [4.69, 9.17) is 9.99 Å². The van der Waals surface area contributed by atoms with Crippen LogP contribution in [0.4, 0.5) is 0 Å². The van der Waals surface area contributed by atoms with Crippen LogP contribution in [0, 0.1) is 12.3 Å². The van der Waals surface area contributed by atoms with Crippen LogP contribution in [0.15, 0.2) is 108 Å². The second-order valence-electron chi connectivity index (χ2n) is 11.2. The van der Waals surface area contributed by atoms with Gasteiger partial charge in [-0.25, -0.2) is 0 Å². The van der Waals surface area contributed by atoms with Crippen LogP contribution >= 0.6 is 0 Å². The average molecular weight is 513 g/mol. The van der Waals surface area contributed by atoms with E-state index in [1.807, 2.05) is 73.7 Å². The number of rotatable bonds is 4. The first-order chi connectivity index (χ1) is 19.1. The first-order valence-corrected chi connectivity index (χ1v) is 13.6. The smallest absolute Gasteiger partial charge is 0.242 e. The maximum Gasteiger partial charge on any atom is 0.242 e. The number of likely N-dealkylation sites (tertiary alicyclic amines) is 1. The number of aliphatic hydroxyl groups is 1. The number of carbonyl (C=O) groups is 1. The zero-order chi connectivity index (χ0) is 26.4. The first kappa shape index (κ1) is 22.7. The van der Waals surface area contributed by atoms with E-state index < -0.39 is 17.2 Å². The Morgan fingerprint density at radius 2 is 1.36 bits per heavy atom. The van der Waals surface area contributed by atoms with Gasteiger partial charge in [0.2, 0.25) is 11.5 Å². The second-order valence-corrected chi connectivity index (χ2v) is 11.2. The van der Waals surface area contributed by atoms with Gasteiger partial charge in [-0.2, -0.15) is 0 Å². The Labute approximate surface area is 227 Å². The van der Waals surface area contributed by atoms with Crippen LogP contribution in [0.2, 0.25) is 0 Å². The number of aryl methyl sites for hydroxylation is 1. The molecular weight excluding hydrogens is 484 g/mol. The van der Waals surface area contributed by atoms with Crippen molar-refractivity contribution in [1.82, 2.24) is 4.90 Å². The third kappa shape index (κ3) is 2.64. The van der Waals surface area contributed by atoms with Gasteiger partial charge in [-0.1, -0.05) is 114 Å². The molecule has 2 heterocycles. The van der Waals surface area contributed by atoms with E-state index in [1.54, 1.807) is 4.90 Å². The molecule has 4 aromatic rings. The standard InChI is InChI=1S/C34H28N2O3/c1-21-15-17-23(18-16-21)30-33-28-24-11-5-7-13-26(24)29(27-14-8-6-12-25(27)28)34(33,39-35-30)32(38)36(31(33)37)20-19-22-9-3-2-4-10-22/h2-18,28-29,32,38H,19-20H2,1H3. The third-order valence-corrected chi connectivity index (χ3v) is 9.46. The van der Waals surface area contributed by atoms with E-state index in [1.165, 1.54) is 0 Å². The SMILES string of the molecule is Cc1ccc(C2=NOC34C5c6ccccc6C(c6ccccc65)C23C(=O)N(CCc2ccccc2)C4O)cc1. The molecule has 1 N–H and O–H groups in total. The molecule has 9 rings (SSSR count). The first-order valence-electron chi connectivity index (χ1n) is 13.6. The van der Waals surface area contributed by atoms with E-state index in [-0.39, 0.29) is 17.7 Å². The number of hydrogen-bond donors (Lipinski definition) is 1. The third-order valence-electron chi connectivity index (χ3n) is 9.46. The summed E-state index contributed by atoms with van der Waals surface area (Å²) in [5, 5.41) is 17.0. The van der Waals surface area contributed by atoms with Gasteiger partial charge in [-0.15, -0.1) is 0 Å². The van der Waals surface area contributed by atoms with Crippen molar-refractivity contribution in [3.8, 4) is 0 Å². The molecule has 2 aliphatic heterocycles. The number of benzene rings is 4. The highest BCUT2D eigenvalue weighted by Crippen LogP contribution is 2.73. The monoisotopic (exact) mass is 512 g/mol. The van der Waals surface area contributed by atoms with Crippen LogP contribution in [0.5, 0.6) is 0 Å². The van der Waals surface area contributed by atoms with Gasteiger partial charge in [0.05, 0.1) is 5.92 Å². The molecule has 5 aliphatic rings. The van der Waals surface area contributed by atoms with Gasteiger partial charge >= 0.3 is 0 Å². The fourth-order valence-electron chi connectivity index (χ4n) is 7.90. The number of amides is 1. The van der Waals surface area contributed by atoms with Gasteiger partial charge in [0.15, 0.2) is 11.6 Å². The summed E-state index contributed by atoms with van der Waals surface area (Å²) in [7, 11) is 0. The molecular formula is C34H28N2O3. The predicted octanol–water partition coefficient (Wildman–Crippen LogP) is 5.15. The van der Waals surface area contributed by atoms with Crippen LogP contribution in [0.1, 0.15) is 50.8 Å². The van der Waals surface area contributed by atoms with E-state index in [9.17, 15) is 5.11 Å². The Morgan fingerprint density at radius 1 is 0.795 bits per heavy atom. The van der Waals surface area contributed by atoms with Crippen LogP contribution in [0.3, 0.4) is 0 Å². The fraction of sp³-hybridized carbons (Fsp3) is 0.235. The molecule has 5 nitrogen and oxygen atoms in total. The maximum atomic E-state index is 15.0. The summed E-state index contributed by atoms with van der Waals surface area (Å²) >= 11 is 0. The van der Waals surface area contributed by atoms with E-state index >= 15 is 4.79 Å². The van der Waals surface area contributed by atoms with Crippen LogP contribution in [-0.4, -0.2) is 40.0 Å². The topological polar surface area (TPSA) is 62.1 Å². The Balaban J connectivity index is 1.38. The minimum atomic E-state index is -1.27. The maximum absolute atomic E-state index is 15.0. The summed E-state index contributed by atoms with van der Waals surface area (Å²) in [5.41, 5.74) is 5.71. The van der Waals surface area contributed by atoms with Crippen molar-refractivity contribution in [3.05, 3.63) is 142 Å². The predicted molar refractivity (Wildman–Crippen MR) is 148 cm³/mol. The van der Waals surface area contributed by atoms with Crippen molar-refractivity contribution in [2.45, 2.75) is 37.0 Å². The second kappa shape index (κ2) is 7.90. The summed E-state index contributed by atoms with van der Waals surface area (Å²) in [6.07, 6.45) is -0.517. The zero-order valence-corrected chi connectivity index (χ0v) is 21.6. The number of aliphatic hydroxyl groups excluding tert-OH is 1. The molecule has 3 aliphatic carbocycles. The molecule has 192 valence electrons. The lowest BCUT2D eigenvalue weighted by Gasteiger charge is -2.56. The highest BCUT2D eigenvalue weighted by atomic mass is 16.7. The van der Waals surface area contributed by atoms with Crippen molar-refractivity contribution >= 4 is 11.6 Å². The minimum absolute atomic E-state index is 0.109. The quantitative estimate of drug-likeness (QED) is 0.412. The van der Waals surface area contributed by atoms with Crippen molar-refractivity contribution in [2.75, 3.05) is 6.54 Å².